The second-order valence-electron chi connectivity index (χ2n) is 5.61. The van der Waals surface area contributed by atoms with Crippen LogP contribution in [0.4, 0.5) is 4.79 Å². The number of carbonyl (C=O) groups excluding carboxylic acids is 2. The topological polar surface area (TPSA) is 64.6 Å². The third-order valence-corrected chi connectivity index (χ3v) is 3.51. The SMILES string of the molecule is CC(=O)SCC(NC(=O)OC(C)(C)C)C1CCCO1. The highest BCUT2D eigenvalue weighted by molar-refractivity contribution is 8.13. The van der Waals surface area contributed by atoms with Crippen molar-refractivity contribution in [1.82, 2.24) is 5.32 Å². The van der Waals surface area contributed by atoms with Crippen LogP contribution in [0.3, 0.4) is 0 Å². The summed E-state index contributed by atoms with van der Waals surface area (Å²) in [6, 6.07) is -0.189. The number of nitrogens with one attached hydrogen (secondary N) is 1. The first-order valence-corrected chi connectivity index (χ1v) is 7.51. The Bertz CT molecular complexity index is 321. The maximum Gasteiger partial charge on any atom is 0.407 e. The molecule has 5 nitrogen and oxygen atoms in total. The van der Waals surface area contributed by atoms with Gasteiger partial charge in [0.05, 0.1) is 12.1 Å². The lowest BCUT2D eigenvalue weighted by molar-refractivity contribution is -0.109. The van der Waals surface area contributed by atoms with Crippen LogP contribution in [0.1, 0.15) is 40.5 Å². The van der Waals surface area contributed by atoms with Gasteiger partial charge in [-0.15, -0.1) is 0 Å². The van der Waals surface area contributed by atoms with E-state index in [0.717, 1.165) is 12.8 Å². The molecule has 0 radical (unpaired) electrons. The molecule has 0 bridgehead atoms. The minimum absolute atomic E-state index is 0.0284. The molecule has 1 saturated heterocycles. The van der Waals surface area contributed by atoms with Gasteiger partial charge in [0.2, 0.25) is 0 Å². The third kappa shape index (κ3) is 6.82. The molecule has 2 unspecified atom stereocenters. The van der Waals surface area contributed by atoms with E-state index in [0.29, 0.717) is 12.4 Å². The van der Waals surface area contributed by atoms with Gasteiger partial charge in [-0.1, -0.05) is 11.8 Å². The van der Waals surface area contributed by atoms with Crippen molar-refractivity contribution < 1.29 is 19.1 Å². The Morgan fingerprint density at radius 1 is 1.47 bits per heavy atom. The predicted molar refractivity (Wildman–Crippen MR) is 75.3 cm³/mol. The Kier molecular flexibility index (Phi) is 6.13. The fraction of sp³-hybridized carbons (Fsp3) is 0.846. The first-order valence-electron chi connectivity index (χ1n) is 6.52. The zero-order valence-corrected chi connectivity index (χ0v) is 12.8. The lowest BCUT2D eigenvalue weighted by Gasteiger charge is -2.26. The molecule has 2 atom stereocenters. The molecule has 1 heterocycles. The summed E-state index contributed by atoms with van der Waals surface area (Å²) < 4.78 is 10.8. The van der Waals surface area contributed by atoms with Crippen molar-refractivity contribution in [2.24, 2.45) is 0 Å². The number of thioether (sulfide) groups is 1. The zero-order valence-electron chi connectivity index (χ0n) is 12.0. The van der Waals surface area contributed by atoms with Crippen molar-refractivity contribution in [3.63, 3.8) is 0 Å². The molecule has 0 aromatic heterocycles. The van der Waals surface area contributed by atoms with Gasteiger partial charge in [0, 0.05) is 19.3 Å². The van der Waals surface area contributed by atoms with Crippen LogP contribution in [-0.2, 0) is 14.3 Å². The van der Waals surface area contributed by atoms with Crippen molar-refractivity contribution in [3.8, 4) is 0 Å². The van der Waals surface area contributed by atoms with E-state index in [4.69, 9.17) is 9.47 Å². The van der Waals surface area contributed by atoms with Crippen LogP contribution in [0, 0.1) is 0 Å². The van der Waals surface area contributed by atoms with Crippen molar-refractivity contribution in [2.45, 2.75) is 58.3 Å². The van der Waals surface area contributed by atoms with E-state index < -0.39 is 11.7 Å². The molecule has 6 heteroatoms. The van der Waals surface area contributed by atoms with E-state index in [1.54, 1.807) is 0 Å². The molecular formula is C13H23NO4S. The zero-order chi connectivity index (χ0) is 14.5. The number of ether oxygens (including phenoxy) is 2. The first kappa shape index (κ1) is 16.3. The Morgan fingerprint density at radius 2 is 2.16 bits per heavy atom. The number of hydrogen-bond acceptors (Lipinski definition) is 5. The van der Waals surface area contributed by atoms with Gasteiger partial charge in [0.1, 0.15) is 5.60 Å². The molecule has 1 aliphatic heterocycles. The van der Waals surface area contributed by atoms with Crippen molar-refractivity contribution in [1.29, 1.82) is 0 Å². The van der Waals surface area contributed by atoms with Gasteiger partial charge in [-0.3, -0.25) is 4.79 Å². The Morgan fingerprint density at radius 3 is 2.63 bits per heavy atom. The van der Waals surface area contributed by atoms with E-state index in [9.17, 15) is 9.59 Å². The average Bonchev–Trinajstić information content (AvgIpc) is 2.74. The molecule has 1 fully saturated rings. The van der Waals surface area contributed by atoms with E-state index in [2.05, 4.69) is 5.32 Å². The summed E-state index contributed by atoms with van der Waals surface area (Å²) in [6.45, 7) is 7.68. The molecule has 1 amide bonds. The standard InChI is InChI=1S/C13H23NO4S/c1-9(15)19-8-10(11-6-5-7-17-11)14-12(16)18-13(2,3)4/h10-11H,5-8H2,1-4H3,(H,14,16). The lowest BCUT2D eigenvalue weighted by atomic mass is 10.1. The molecule has 0 saturated carbocycles. The second kappa shape index (κ2) is 7.14. The fourth-order valence-corrected chi connectivity index (χ4v) is 2.54. The smallest absolute Gasteiger partial charge is 0.407 e. The third-order valence-electron chi connectivity index (χ3n) is 2.58. The van der Waals surface area contributed by atoms with Gasteiger partial charge >= 0.3 is 6.09 Å². The summed E-state index contributed by atoms with van der Waals surface area (Å²) in [4.78, 5) is 22.8. The maximum absolute atomic E-state index is 11.8. The van der Waals surface area contributed by atoms with E-state index >= 15 is 0 Å². The van der Waals surface area contributed by atoms with Crippen LogP contribution in [0.5, 0.6) is 0 Å². The number of rotatable bonds is 4. The van der Waals surface area contributed by atoms with Crippen LogP contribution < -0.4 is 5.32 Å². The minimum Gasteiger partial charge on any atom is -0.444 e. The van der Waals surface area contributed by atoms with E-state index in [1.807, 2.05) is 20.8 Å². The molecule has 110 valence electrons. The number of hydrogen-bond donors (Lipinski definition) is 1. The molecule has 0 spiro atoms. The first-order chi connectivity index (χ1) is 8.78. The monoisotopic (exact) mass is 289 g/mol. The lowest BCUT2D eigenvalue weighted by Crippen LogP contribution is -2.46. The van der Waals surface area contributed by atoms with Crippen molar-refractivity contribution in [3.05, 3.63) is 0 Å². The normalized spacial score (nSPS) is 20.9. The molecule has 19 heavy (non-hydrogen) atoms. The van der Waals surface area contributed by atoms with Crippen molar-refractivity contribution in [2.75, 3.05) is 12.4 Å². The van der Waals surface area contributed by atoms with Gasteiger partial charge in [-0.2, -0.15) is 0 Å². The molecule has 0 aliphatic carbocycles. The van der Waals surface area contributed by atoms with Gasteiger partial charge in [0.25, 0.3) is 0 Å². The molecule has 1 aliphatic rings. The summed E-state index contributed by atoms with van der Waals surface area (Å²) >= 11 is 1.20. The van der Waals surface area contributed by atoms with Gasteiger partial charge in [-0.05, 0) is 33.6 Å². The maximum atomic E-state index is 11.8. The number of amides is 1. The fourth-order valence-electron chi connectivity index (χ4n) is 1.83. The van der Waals surface area contributed by atoms with Crippen LogP contribution >= 0.6 is 11.8 Å². The largest absolute Gasteiger partial charge is 0.444 e. The number of alkyl carbamates (subject to hydrolysis) is 1. The van der Waals surface area contributed by atoms with Crippen LogP contribution in [0.15, 0.2) is 0 Å². The highest BCUT2D eigenvalue weighted by Crippen LogP contribution is 2.19. The Hall–Kier alpha value is -0.750. The van der Waals surface area contributed by atoms with E-state index in [1.165, 1.54) is 18.7 Å². The Balaban J connectivity index is 2.52. The summed E-state index contributed by atoms with van der Waals surface area (Å²) in [6.07, 6.45) is 1.40. The highest BCUT2D eigenvalue weighted by atomic mass is 32.2. The number of carbonyl (C=O) groups is 2. The van der Waals surface area contributed by atoms with Gasteiger partial charge in [0.15, 0.2) is 5.12 Å². The molecule has 0 aromatic carbocycles. The average molecular weight is 289 g/mol. The van der Waals surface area contributed by atoms with E-state index in [-0.39, 0.29) is 17.3 Å². The minimum atomic E-state index is -0.529. The van der Waals surface area contributed by atoms with Gasteiger partial charge < -0.3 is 14.8 Å². The molecular weight excluding hydrogens is 266 g/mol. The Labute approximate surface area is 118 Å². The predicted octanol–water partition coefficient (Wildman–Crippen LogP) is 2.34. The second-order valence-corrected chi connectivity index (χ2v) is 6.80. The molecule has 1 rings (SSSR count). The summed E-state index contributed by atoms with van der Waals surface area (Å²) in [7, 11) is 0. The molecule has 0 aromatic rings. The molecule has 1 N–H and O–H groups in total. The van der Waals surface area contributed by atoms with Gasteiger partial charge in [-0.25, -0.2) is 4.79 Å². The highest BCUT2D eigenvalue weighted by Gasteiger charge is 2.29. The summed E-state index contributed by atoms with van der Waals surface area (Å²) in [5, 5.41) is 2.85. The van der Waals surface area contributed by atoms with Crippen LogP contribution in [-0.4, -0.2) is 41.3 Å². The van der Waals surface area contributed by atoms with Crippen LogP contribution in [0.25, 0.3) is 0 Å². The quantitative estimate of drug-likeness (QED) is 0.860. The van der Waals surface area contributed by atoms with Crippen molar-refractivity contribution >= 4 is 23.0 Å². The summed E-state index contributed by atoms with van der Waals surface area (Å²) in [5.41, 5.74) is -0.529. The van der Waals surface area contributed by atoms with Crippen LogP contribution in [0.2, 0.25) is 0 Å². The summed E-state index contributed by atoms with van der Waals surface area (Å²) in [5.74, 6) is 0.513.